The van der Waals surface area contributed by atoms with E-state index in [9.17, 15) is 4.79 Å². The summed E-state index contributed by atoms with van der Waals surface area (Å²) in [6.07, 6.45) is 2.48. The van der Waals surface area contributed by atoms with E-state index in [1.165, 1.54) is 6.08 Å². The number of hydrogen-bond acceptors (Lipinski definition) is 2. The molecule has 0 aliphatic rings. The molecule has 2 aromatic carbocycles. The molecule has 1 N–H and O–H groups in total. The minimum Gasteiger partial charge on any atom is -0.487 e. The van der Waals surface area contributed by atoms with Crippen LogP contribution in [0, 0.1) is 0 Å². The molecule has 0 saturated heterocycles. The van der Waals surface area contributed by atoms with Gasteiger partial charge in [-0.05, 0) is 18.2 Å². The molecule has 0 aromatic heterocycles. The van der Waals surface area contributed by atoms with Crippen molar-refractivity contribution in [3.63, 3.8) is 0 Å². The van der Waals surface area contributed by atoms with Crippen molar-refractivity contribution >= 4 is 35.2 Å². The summed E-state index contributed by atoms with van der Waals surface area (Å²) >= 11 is 12.2. The average molecular weight is 323 g/mol. The number of carboxylic acids is 1. The number of hydrogen-bond donors (Lipinski definition) is 1. The first-order valence-electron chi connectivity index (χ1n) is 6.13. The fraction of sp³-hybridized carbons (Fsp3) is 0.0625. The molecule has 0 atom stereocenters. The smallest absolute Gasteiger partial charge is 0.328 e. The first-order chi connectivity index (χ1) is 10.1. The summed E-state index contributed by atoms with van der Waals surface area (Å²) in [5, 5.41) is 9.72. The zero-order chi connectivity index (χ0) is 15.2. The number of para-hydroxylation sites is 1. The Balaban J connectivity index is 2.23. The van der Waals surface area contributed by atoms with Crippen LogP contribution in [-0.4, -0.2) is 11.1 Å². The summed E-state index contributed by atoms with van der Waals surface area (Å²) in [7, 11) is 0. The van der Waals surface area contributed by atoms with Crippen LogP contribution in [0.2, 0.25) is 10.0 Å². The fourth-order valence-electron chi connectivity index (χ4n) is 1.74. The minimum atomic E-state index is -1.04. The highest BCUT2D eigenvalue weighted by Crippen LogP contribution is 2.31. The van der Waals surface area contributed by atoms with Crippen LogP contribution in [0.1, 0.15) is 11.1 Å². The second-order valence-corrected chi connectivity index (χ2v) is 5.02. The summed E-state index contributed by atoms with van der Waals surface area (Å²) in [4.78, 5) is 10.6. The van der Waals surface area contributed by atoms with Crippen molar-refractivity contribution in [3.05, 3.63) is 69.7 Å². The second kappa shape index (κ2) is 7.16. The maximum atomic E-state index is 10.6. The lowest BCUT2D eigenvalue weighted by atomic mass is 10.2. The highest BCUT2D eigenvalue weighted by molar-refractivity contribution is 6.32. The summed E-state index contributed by atoms with van der Waals surface area (Å²) < 4.78 is 5.71. The molecular weight excluding hydrogens is 311 g/mol. The van der Waals surface area contributed by atoms with Crippen molar-refractivity contribution in [2.24, 2.45) is 0 Å². The van der Waals surface area contributed by atoms with E-state index >= 15 is 0 Å². The molecule has 2 aromatic rings. The first kappa shape index (κ1) is 15.4. The van der Waals surface area contributed by atoms with Crippen LogP contribution in [0.3, 0.4) is 0 Å². The molecule has 21 heavy (non-hydrogen) atoms. The Morgan fingerprint density at radius 3 is 2.52 bits per heavy atom. The van der Waals surface area contributed by atoms with E-state index in [1.807, 2.05) is 18.2 Å². The molecule has 0 saturated carbocycles. The van der Waals surface area contributed by atoms with Gasteiger partial charge in [0.25, 0.3) is 0 Å². The fourth-order valence-corrected chi connectivity index (χ4v) is 2.16. The molecule has 3 nitrogen and oxygen atoms in total. The van der Waals surface area contributed by atoms with Gasteiger partial charge in [0.1, 0.15) is 12.4 Å². The average Bonchev–Trinajstić information content (AvgIpc) is 2.45. The molecule has 0 aliphatic heterocycles. The number of ether oxygens (including phenoxy) is 1. The molecule has 0 unspecified atom stereocenters. The SMILES string of the molecule is O=C(O)/C=C/c1cccc(Cl)c1OCc1ccccc1Cl. The van der Waals surface area contributed by atoms with Gasteiger partial charge in [-0.25, -0.2) is 4.79 Å². The van der Waals surface area contributed by atoms with E-state index in [2.05, 4.69) is 0 Å². The van der Waals surface area contributed by atoms with E-state index in [1.54, 1.807) is 24.3 Å². The number of benzene rings is 2. The molecule has 0 fully saturated rings. The van der Waals surface area contributed by atoms with Crippen LogP contribution in [0.5, 0.6) is 5.75 Å². The molecule has 0 amide bonds. The van der Waals surface area contributed by atoms with Crippen LogP contribution in [0.25, 0.3) is 6.08 Å². The van der Waals surface area contributed by atoms with Gasteiger partial charge in [0.2, 0.25) is 0 Å². The van der Waals surface area contributed by atoms with E-state index in [0.29, 0.717) is 21.4 Å². The van der Waals surface area contributed by atoms with Gasteiger partial charge in [0.05, 0.1) is 5.02 Å². The van der Waals surface area contributed by atoms with Crippen molar-refractivity contribution < 1.29 is 14.6 Å². The third-order valence-corrected chi connectivity index (χ3v) is 3.40. The van der Waals surface area contributed by atoms with E-state index < -0.39 is 5.97 Å². The zero-order valence-corrected chi connectivity index (χ0v) is 12.4. The highest BCUT2D eigenvalue weighted by Gasteiger charge is 2.08. The Kier molecular flexibility index (Phi) is 5.26. The van der Waals surface area contributed by atoms with Gasteiger partial charge >= 0.3 is 5.97 Å². The van der Waals surface area contributed by atoms with Crippen LogP contribution in [-0.2, 0) is 11.4 Å². The van der Waals surface area contributed by atoms with Gasteiger partial charge in [-0.15, -0.1) is 0 Å². The summed E-state index contributed by atoms with van der Waals surface area (Å²) in [6.45, 7) is 0.247. The molecule has 2 rings (SSSR count). The first-order valence-corrected chi connectivity index (χ1v) is 6.89. The molecular formula is C16H12Cl2O3. The second-order valence-electron chi connectivity index (χ2n) is 4.21. The molecule has 0 spiro atoms. The summed E-state index contributed by atoms with van der Waals surface area (Å²) in [5.74, 6) is -0.608. The Bertz CT molecular complexity index is 681. The van der Waals surface area contributed by atoms with Gasteiger partial charge in [-0.2, -0.15) is 0 Å². The van der Waals surface area contributed by atoms with Gasteiger partial charge < -0.3 is 9.84 Å². The maximum absolute atomic E-state index is 10.6. The van der Waals surface area contributed by atoms with Gasteiger partial charge in [0.15, 0.2) is 0 Å². The Hall–Kier alpha value is -1.97. The number of aliphatic carboxylic acids is 1. The minimum absolute atomic E-state index is 0.247. The number of carbonyl (C=O) groups is 1. The third kappa shape index (κ3) is 4.25. The van der Waals surface area contributed by atoms with Crippen LogP contribution < -0.4 is 4.74 Å². The van der Waals surface area contributed by atoms with Crippen molar-refractivity contribution in [2.75, 3.05) is 0 Å². The molecule has 108 valence electrons. The maximum Gasteiger partial charge on any atom is 0.328 e. The number of halogens is 2. The highest BCUT2D eigenvalue weighted by atomic mass is 35.5. The van der Waals surface area contributed by atoms with Crippen molar-refractivity contribution in [1.82, 2.24) is 0 Å². The number of rotatable bonds is 5. The Morgan fingerprint density at radius 2 is 1.81 bits per heavy atom. The normalized spacial score (nSPS) is 10.8. The van der Waals surface area contributed by atoms with Gasteiger partial charge in [0, 0.05) is 22.2 Å². The predicted octanol–water partition coefficient (Wildman–Crippen LogP) is 4.67. The van der Waals surface area contributed by atoms with Gasteiger partial charge in [-0.3, -0.25) is 0 Å². The zero-order valence-electron chi connectivity index (χ0n) is 10.9. The van der Waals surface area contributed by atoms with Crippen LogP contribution in [0.15, 0.2) is 48.5 Å². The predicted molar refractivity (Wildman–Crippen MR) is 83.9 cm³/mol. The Morgan fingerprint density at radius 1 is 1.10 bits per heavy atom. The van der Waals surface area contributed by atoms with Gasteiger partial charge in [-0.1, -0.05) is 53.5 Å². The molecule has 5 heteroatoms. The monoisotopic (exact) mass is 322 g/mol. The molecule has 0 radical (unpaired) electrons. The molecule has 0 aliphatic carbocycles. The lowest BCUT2D eigenvalue weighted by Crippen LogP contribution is -1.98. The van der Waals surface area contributed by atoms with Crippen molar-refractivity contribution in [1.29, 1.82) is 0 Å². The standard InChI is InChI=1S/C16H12Cl2O3/c17-13-6-2-1-4-12(13)10-21-16-11(8-9-15(19)20)5-3-7-14(16)18/h1-9H,10H2,(H,19,20)/b9-8+. The summed E-state index contributed by atoms with van der Waals surface area (Å²) in [5.41, 5.74) is 1.42. The topological polar surface area (TPSA) is 46.5 Å². The molecule has 0 bridgehead atoms. The van der Waals surface area contributed by atoms with Crippen molar-refractivity contribution in [3.8, 4) is 5.75 Å². The summed E-state index contributed by atoms with van der Waals surface area (Å²) in [6, 6.07) is 12.5. The molecule has 0 heterocycles. The van der Waals surface area contributed by atoms with E-state index in [-0.39, 0.29) is 6.61 Å². The quantitative estimate of drug-likeness (QED) is 0.813. The third-order valence-electron chi connectivity index (χ3n) is 2.73. The van der Waals surface area contributed by atoms with E-state index in [4.69, 9.17) is 33.0 Å². The van der Waals surface area contributed by atoms with E-state index in [0.717, 1.165) is 11.6 Å². The lowest BCUT2D eigenvalue weighted by Gasteiger charge is -2.12. The Labute approximate surface area is 132 Å². The number of carboxylic acid groups (broad SMARTS) is 1. The lowest BCUT2D eigenvalue weighted by molar-refractivity contribution is -0.131. The van der Waals surface area contributed by atoms with Crippen LogP contribution in [0.4, 0.5) is 0 Å². The van der Waals surface area contributed by atoms with Crippen LogP contribution >= 0.6 is 23.2 Å². The van der Waals surface area contributed by atoms with Crippen molar-refractivity contribution in [2.45, 2.75) is 6.61 Å². The largest absolute Gasteiger partial charge is 0.487 e.